The Bertz CT molecular complexity index is 1060. The molecule has 8 heteroatoms. The van der Waals surface area contributed by atoms with Gasteiger partial charge in [-0.2, -0.15) is 0 Å². The number of likely N-dealkylation sites (tertiary alicyclic amines) is 1. The molecule has 2 aliphatic heterocycles. The van der Waals surface area contributed by atoms with Crippen molar-refractivity contribution in [3.8, 4) is 0 Å². The number of sulfonamides is 1. The Hall–Kier alpha value is -1.74. The number of nitrogens with one attached hydrogen (secondary N) is 1. The van der Waals surface area contributed by atoms with Gasteiger partial charge in [0.25, 0.3) is 0 Å². The average Bonchev–Trinajstić information content (AvgIpc) is 3.30. The van der Waals surface area contributed by atoms with Crippen LogP contribution in [0.1, 0.15) is 42.4 Å². The standard InChI is InChI=1S/C25H32BrN3O3S/c26-24-8-4-7-22(16-24)19-33(31,32)29-13-9-23(10-14-29)25(30)27-17-20-5-3-6-21(15-20)18-28-11-1-2-12-28/h3-8,15-16,23H,1-2,9-14,17-19H2,(H,27,30). The monoisotopic (exact) mass is 533 g/mol. The lowest BCUT2D eigenvalue weighted by atomic mass is 9.97. The van der Waals surface area contributed by atoms with Crippen LogP contribution in [0.25, 0.3) is 0 Å². The highest BCUT2D eigenvalue weighted by molar-refractivity contribution is 9.10. The minimum Gasteiger partial charge on any atom is -0.352 e. The van der Waals surface area contributed by atoms with Gasteiger partial charge in [0.05, 0.1) is 5.75 Å². The van der Waals surface area contributed by atoms with E-state index in [0.29, 0.717) is 32.5 Å². The molecule has 2 aromatic rings. The summed E-state index contributed by atoms with van der Waals surface area (Å²) in [5.74, 6) is -0.143. The number of carbonyl (C=O) groups excluding carboxylic acids is 1. The largest absolute Gasteiger partial charge is 0.352 e. The van der Waals surface area contributed by atoms with Gasteiger partial charge in [-0.15, -0.1) is 0 Å². The molecule has 2 aliphatic rings. The van der Waals surface area contributed by atoms with E-state index in [1.807, 2.05) is 30.3 Å². The van der Waals surface area contributed by atoms with Crippen molar-refractivity contribution in [1.29, 1.82) is 0 Å². The molecular weight excluding hydrogens is 502 g/mol. The van der Waals surface area contributed by atoms with Crippen molar-refractivity contribution in [1.82, 2.24) is 14.5 Å². The van der Waals surface area contributed by atoms with Crippen molar-refractivity contribution >= 4 is 31.9 Å². The molecule has 0 atom stereocenters. The molecule has 1 amide bonds. The summed E-state index contributed by atoms with van der Waals surface area (Å²) in [5, 5.41) is 3.06. The maximum Gasteiger partial charge on any atom is 0.223 e. The lowest BCUT2D eigenvalue weighted by Crippen LogP contribution is -2.43. The Balaban J connectivity index is 1.25. The Kier molecular flexibility index (Phi) is 8.22. The van der Waals surface area contributed by atoms with Gasteiger partial charge in [-0.3, -0.25) is 9.69 Å². The Labute approximate surface area is 205 Å². The Morgan fingerprint density at radius 2 is 1.61 bits per heavy atom. The average molecular weight is 535 g/mol. The van der Waals surface area contributed by atoms with Crippen LogP contribution in [0.4, 0.5) is 0 Å². The van der Waals surface area contributed by atoms with Crippen LogP contribution in [0.2, 0.25) is 0 Å². The second kappa shape index (κ2) is 11.1. The third-order valence-electron chi connectivity index (χ3n) is 6.52. The van der Waals surface area contributed by atoms with Gasteiger partial charge in [0.1, 0.15) is 0 Å². The highest BCUT2D eigenvalue weighted by Crippen LogP contribution is 2.23. The summed E-state index contributed by atoms with van der Waals surface area (Å²) in [4.78, 5) is 15.2. The van der Waals surface area contributed by atoms with Crippen LogP contribution in [0.15, 0.2) is 53.0 Å². The molecule has 0 radical (unpaired) electrons. The van der Waals surface area contributed by atoms with Gasteiger partial charge in [0, 0.05) is 36.6 Å². The van der Waals surface area contributed by atoms with E-state index in [-0.39, 0.29) is 17.6 Å². The van der Waals surface area contributed by atoms with Crippen LogP contribution in [-0.4, -0.2) is 49.7 Å². The predicted octanol–water partition coefficient (Wildman–Crippen LogP) is 3.90. The van der Waals surface area contributed by atoms with E-state index in [0.717, 1.165) is 35.2 Å². The highest BCUT2D eigenvalue weighted by atomic mass is 79.9. The zero-order valence-electron chi connectivity index (χ0n) is 18.9. The fourth-order valence-electron chi connectivity index (χ4n) is 4.70. The first-order chi connectivity index (χ1) is 15.9. The molecule has 0 aromatic heterocycles. The van der Waals surface area contributed by atoms with E-state index in [2.05, 4.69) is 44.3 Å². The lowest BCUT2D eigenvalue weighted by molar-refractivity contribution is -0.126. The fraction of sp³-hybridized carbons (Fsp3) is 0.480. The summed E-state index contributed by atoms with van der Waals surface area (Å²) in [6.07, 6.45) is 3.66. The van der Waals surface area contributed by atoms with Crippen LogP contribution < -0.4 is 5.32 Å². The minimum atomic E-state index is -3.40. The Morgan fingerprint density at radius 1 is 0.939 bits per heavy atom. The second-order valence-corrected chi connectivity index (χ2v) is 12.0. The molecule has 33 heavy (non-hydrogen) atoms. The number of rotatable bonds is 8. The third kappa shape index (κ3) is 6.88. The molecule has 0 aliphatic carbocycles. The number of hydrogen-bond donors (Lipinski definition) is 1. The molecule has 0 bridgehead atoms. The summed E-state index contributed by atoms with van der Waals surface area (Å²) in [6, 6.07) is 15.8. The number of hydrogen-bond acceptors (Lipinski definition) is 4. The maximum absolute atomic E-state index is 12.8. The molecule has 0 unspecified atom stereocenters. The van der Waals surface area contributed by atoms with Crippen molar-refractivity contribution in [2.75, 3.05) is 26.2 Å². The molecule has 178 valence electrons. The predicted molar refractivity (Wildman–Crippen MR) is 134 cm³/mol. The van der Waals surface area contributed by atoms with Gasteiger partial charge in [-0.25, -0.2) is 12.7 Å². The maximum atomic E-state index is 12.8. The van der Waals surface area contributed by atoms with Crippen LogP contribution in [0.3, 0.4) is 0 Å². The topological polar surface area (TPSA) is 69.7 Å². The third-order valence-corrected chi connectivity index (χ3v) is 8.86. The van der Waals surface area contributed by atoms with E-state index in [1.54, 1.807) is 0 Å². The van der Waals surface area contributed by atoms with Crippen LogP contribution in [0.5, 0.6) is 0 Å². The first kappa shape index (κ1) is 24.4. The van der Waals surface area contributed by atoms with Crippen LogP contribution in [-0.2, 0) is 33.7 Å². The summed E-state index contributed by atoms with van der Waals surface area (Å²) in [7, 11) is -3.40. The zero-order valence-corrected chi connectivity index (χ0v) is 21.3. The molecule has 2 aromatic carbocycles. The van der Waals surface area contributed by atoms with Gasteiger partial charge in [0.2, 0.25) is 15.9 Å². The molecule has 0 spiro atoms. The number of nitrogens with zero attached hydrogens (tertiary/aromatic N) is 2. The minimum absolute atomic E-state index is 0.0168. The van der Waals surface area contributed by atoms with Gasteiger partial charge >= 0.3 is 0 Å². The van der Waals surface area contributed by atoms with Gasteiger partial charge in [-0.05, 0) is 67.6 Å². The van der Waals surface area contributed by atoms with Crippen molar-refractivity contribution < 1.29 is 13.2 Å². The van der Waals surface area contributed by atoms with Gasteiger partial charge in [-0.1, -0.05) is 52.3 Å². The number of carbonyl (C=O) groups is 1. The molecule has 1 N–H and O–H groups in total. The Morgan fingerprint density at radius 3 is 2.33 bits per heavy atom. The number of benzene rings is 2. The molecule has 6 nitrogen and oxygen atoms in total. The molecule has 2 fully saturated rings. The second-order valence-electron chi connectivity index (χ2n) is 9.08. The summed E-state index contributed by atoms with van der Waals surface area (Å²) in [5.41, 5.74) is 3.15. The van der Waals surface area contributed by atoms with E-state index in [4.69, 9.17) is 0 Å². The molecular formula is C25H32BrN3O3S. The van der Waals surface area contributed by atoms with E-state index in [1.165, 1.54) is 22.7 Å². The van der Waals surface area contributed by atoms with Gasteiger partial charge < -0.3 is 5.32 Å². The summed E-state index contributed by atoms with van der Waals surface area (Å²) >= 11 is 3.39. The number of amides is 1. The lowest BCUT2D eigenvalue weighted by Gasteiger charge is -2.30. The molecule has 2 heterocycles. The van der Waals surface area contributed by atoms with Crippen molar-refractivity contribution in [2.45, 2.75) is 44.5 Å². The fourth-order valence-corrected chi connectivity index (χ4v) is 6.69. The van der Waals surface area contributed by atoms with Gasteiger partial charge in [0.15, 0.2) is 0 Å². The SMILES string of the molecule is O=C(NCc1cccc(CN2CCCC2)c1)C1CCN(S(=O)(=O)Cc2cccc(Br)c2)CC1. The first-order valence-corrected chi connectivity index (χ1v) is 14.1. The molecule has 0 saturated carbocycles. The quantitative estimate of drug-likeness (QED) is 0.558. The van der Waals surface area contributed by atoms with Crippen molar-refractivity contribution in [3.63, 3.8) is 0 Å². The van der Waals surface area contributed by atoms with Crippen molar-refractivity contribution in [3.05, 3.63) is 69.7 Å². The van der Waals surface area contributed by atoms with E-state index < -0.39 is 10.0 Å². The number of halogens is 1. The van der Waals surface area contributed by atoms with Crippen LogP contribution in [0, 0.1) is 5.92 Å². The molecule has 4 rings (SSSR count). The van der Waals surface area contributed by atoms with Crippen LogP contribution >= 0.6 is 15.9 Å². The normalized spacial score (nSPS) is 18.5. The van der Waals surface area contributed by atoms with E-state index >= 15 is 0 Å². The first-order valence-electron chi connectivity index (χ1n) is 11.7. The molecule has 2 saturated heterocycles. The van der Waals surface area contributed by atoms with E-state index in [9.17, 15) is 13.2 Å². The summed E-state index contributed by atoms with van der Waals surface area (Å²) < 4.78 is 28.0. The number of piperidine rings is 1. The smallest absolute Gasteiger partial charge is 0.223 e. The van der Waals surface area contributed by atoms with Crippen molar-refractivity contribution in [2.24, 2.45) is 5.92 Å². The summed E-state index contributed by atoms with van der Waals surface area (Å²) in [6.45, 7) is 4.58. The zero-order chi connectivity index (χ0) is 23.3. The highest BCUT2D eigenvalue weighted by Gasteiger charge is 2.31.